The number of carbonyl (C=O) groups excluding carboxylic acids is 2. The molecule has 22 heavy (non-hydrogen) atoms. The first-order valence-corrected chi connectivity index (χ1v) is 7.61. The van der Waals surface area contributed by atoms with E-state index in [2.05, 4.69) is 5.32 Å². The third kappa shape index (κ3) is 4.14. The Morgan fingerprint density at radius 2 is 1.95 bits per heavy atom. The van der Waals surface area contributed by atoms with E-state index >= 15 is 0 Å². The van der Waals surface area contributed by atoms with Crippen LogP contribution in [0.2, 0.25) is 0 Å². The quantitative estimate of drug-likeness (QED) is 0.920. The highest BCUT2D eigenvalue weighted by Gasteiger charge is 2.14. The van der Waals surface area contributed by atoms with Gasteiger partial charge in [-0.1, -0.05) is 18.2 Å². The average Bonchev–Trinajstić information content (AvgIpc) is 2.93. The molecule has 0 aliphatic rings. The molecule has 2 aromatic rings. The SMILES string of the molecule is Cc1ccc(C(=O)NCC(=O)N(C)Cc2ccccc2F)s1. The summed E-state index contributed by atoms with van der Waals surface area (Å²) in [7, 11) is 1.58. The van der Waals surface area contributed by atoms with Crippen molar-refractivity contribution in [1.82, 2.24) is 10.2 Å². The minimum absolute atomic E-state index is 0.110. The molecule has 0 aliphatic carbocycles. The standard InChI is InChI=1S/C16H17FN2O2S/c1-11-7-8-14(22-11)16(21)18-9-15(20)19(2)10-12-5-3-4-6-13(12)17/h3-8H,9-10H2,1-2H3,(H,18,21). The minimum Gasteiger partial charge on any atom is -0.342 e. The van der Waals surface area contributed by atoms with Gasteiger partial charge in [-0.3, -0.25) is 9.59 Å². The second kappa shape index (κ2) is 7.17. The first kappa shape index (κ1) is 16.2. The summed E-state index contributed by atoms with van der Waals surface area (Å²) in [5, 5.41) is 2.58. The number of hydrogen-bond acceptors (Lipinski definition) is 3. The van der Waals surface area contributed by atoms with E-state index in [0.717, 1.165) is 4.88 Å². The number of halogens is 1. The first-order chi connectivity index (χ1) is 10.5. The smallest absolute Gasteiger partial charge is 0.261 e. The summed E-state index contributed by atoms with van der Waals surface area (Å²) in [6, 6.07) is 9.89. The van der Waals surface area contributed by atoms with E-state index in [1.165, 1.54) is 22.3 Å². The normalized spacial score (nSPS) is 10.3. The number of carbonyl (C=O) groups is 2. The Balaban J connectivity index is 1.86. The topological polar surface area (TPSA) is 49.4 Å². The molecule has 1 N–H and O–H groups in total. The van der Waals surface area contributed by atoms with Crippen molar-refractivity contribution in [3.8, 4) is 0 Å². The van der Waals surface area contributed by atoms with Crippen LogP contribution in [0.25, 0.3) is 0 Å². The van der Waals surface area contributed by atoms with Crippen LogP contribution < -0.4 is 5.32 Å². The zero-order valence-electron chi connectivity index (χ0n) is 12.4. The molecule has 1 heterocycles. The molecule has 0 fully saturated rings. The molecule has 2 rings (SSSR count). The maximum Gasteiger partial charge on any atom is 0.261 e. The third-order valence-corrected chi connectivity index (χ3v) is 4.15. The molecule has 1 aromatic heterocycles. The maximum atomic E-state index is 13.5. The van der Waals surface area contributed by atoms with Crippen LogP contribution in [0.1, 0.15) is 20.1 Å². The lowest BCUT2D eigenvalue weighted by Crippen LogP contribution is -2.37. The average molecular weight is 320 g/mol. The van der Waals surface area contributed by atoms with Crippen LogP contribution in [0.3, 0.4) is 0 Å². The van der Waals surface area contributed by atoms with Gasteiger partial charge in [0.15, 0.2) is 0 Å². The summed E-state index contributed by atoms with van der Waals surface area (Å²) in [4.78, 5) is 26.9. The molecule has 0 unspecified atom stereocenters. The van der Waals surface area contributed by atoms with Gasteiger partial charge in [-0.05, 0) is 25.1 Å². The van der Waals surface area contributed by atoms with E-state index in [4.69, 9.17) is 0 Å². The van der Waals surface area contributed by atoms with E-state index in [0.29, 0.717) is 10.4 Å². The summed E-state index contributed by atoms with van der Waals surface area (Å²) in [6.45, 7) is 1.97. The third-order valence-electron chi connectivity index (χ3n) is 3.16. The maximum absolute atomic E-state index is 13.5. The predicted octanol–water partition coefficient (Wildman–Crippen LogP) is 2.58. The Morgan fingerprint density at radius 3 is 2.59 bits per heavy atom. The van der Waals surface area contributed by atoms with Gasteiger partial charge >= 0.3 is 0 Å². The molecule has 0 saturated heterocycles. The monoisotopic (exact) mass is 320 g/mol. The fourth-order valence-electron chi connectivity index (χ4n) is 1.90. The summed E-state index contributed by atoms with van der Waals surface area (Å²) in [6.07, 6.45) is 0. The van der Waals surface area contributed by atoms with Crippen LogP contribution in [0.15, 0.2) is 36.4 Å². The Morgan fingerprint density at radius 1 is 1.23 bits per heavy atom. The number of thiophene rings is 1. The number of hydrogen-bond donors (Lipinski definition) is 1. The number of amides is 2. The van der Waals surface area contributed by atoms with Crippen LogP contribution in [0.4, 0.5) is 4.39 Å². The predicted molar refractivity (Wildman–Crippen MR) is 84.3 cm³/mol. The van der Waals surface area contributed by atoms with E-state index < -0.39 is 0 Å². The molecule has 0 bridgehead atoms. The molecule has 0 spiro atoms. The number of likely N-dealkylation sites (N-methyl/N-ethyl adjacent to an activating group) is 1. The van der Waals surface area contributed by atoms with Gasteiger partial charge in [-0.15, -0.1) is 11.3 Å². The van der Waals surface area contributed by atoms with Gasteiger partial charge in [0.2, 0.25) is 5.91 Å². The Kier molecular flexibility index (Phi) is 5.27. The fraction of sp³-hybridized carbons (Fsp3) is 0.250. The highest BCUT2D eigenvalue weighted by Crippen LogP contribution is 2.14. The van der Waals surface area contributed by atoms with Gasteiger partial charge in [0.1, 0.15) is 5.82 Å². The van der Waals surface area contributed by atoms with Gasteiger partial charge in [0.25, 0.3) is 5.91 Å². The summed E-state index contributed by atoms with van der Waals surface area (Å²) in [5.41, 5.74) is 0.443. The van der Waals surface area contributed by atoms with Crippen molar-refractivity contribution in [2.75, 3.05) is 13.6 Å². The largest absolute Gasteiger partial charge is 0.342 e. The molecule has 1 aromatic carbocycles. The molecule has 0 radical (unpaired) electrons. The van der Waals surface area contributed by atoms with E-state index in [9.17, 15) is 14.0 Å². The lowest BCUT2D eigenvalue weighted by molar-refractivity contribution is -0.129. The zero-order chi connectivity index (χ0) is 16.1. The van der Waals surface area contributed by atoms with Crippen molar-refractivity contribution >= 4 is 23.2 Å². The molecular formula is C16H17FN2O2S. The number of benzene rings is 1. The van der Waals surface area contributed by atoms with Crippen LogP contribution in [-0.2, 0) is 11.3 Å². The number of nitrogens with one attached hydrogen (secondary N) is 1. The van der Waals surface area contributed by atoms with Gasteiger partial charge in [-0.25, -0.2) is 4.39 Å². The van der Waals surface area contributed by atoms with Crippen LogP contribution >= 0.6 is 11.3 Å². The molecule has 0 saturated carbocycles. The van der Waals surface area contributed by atoms with Gasteiger partial charge in [-0.2, -0.15) is 0 Å². The lowest BCUT2D eigenvalue weighted by Gasteiger charge is -2.17. The van der Waals surface area contributed by atoms with Crippen molar-refractivity contribution in [3.05, 3.63) is 57.5 Å². The summed E-state index contributed by atoms with van der Waals surface area (Å²) >= 11 is 1.37. The number of rotatable bonds is 5. The summed E-state index contributed by atoms with van der Waals surface area (Å²) in [5.74, 6) is -0.893. The van der Waals surface area contributed by atoms with Crippen LogP contribution in [-0.4, -0.2) is 30.3 Å². The summed E-state index contributed by atoms with van der Waals surface area (Å²) < 4.78 is 13.5. The number of aryl methyl sites for hydroxylation is 1. The van der Waals surface area contributed by atoms with Gasteiger partial charge in [0.05, 0.1) is 11.4 Å². The van der Waals surface area contributed by atoms with Crippen molar-refractivity contribution in [2.45, 2.75) is 13.5 Å². The molecule has 2 amide bonds. The highest BCUT2D eigenvalue weighted by atomic mass is 32.1. The molecule has 0 aliphatic heterocycles. The van der Waals surface area contributed by atoms with Crippen molar-refractivity contribution in [3.63, 3.8) is 0 Å². The second-order valence-corrected chi connectivity index (χ2v) is 6.22. The Hall–Kier alpha value is -2.21. The number of nitrogens with zero attached hydrogens (tertiary/aromatic N) is 1. The Labute approximate surface area is 132 Å². The zero-order valence-corrected chi connectivity index (χ0v) is 13.2. The van der Waals surface area contributed by atoms with Gasteiger partial charge in [0, 0.05) is 24.0 Å². The highest BCUT2D eigenvalue weighted by molar-refractivity contribution is 7.13. The van der Waals surface area contributed by atoms with E-state index in [1.54, 1.807) is 31.3 Å². The van der Waals surface area contributed by atoms with Crippen molar-refractivity contribution in [1.29, 1.82) is 0 Å². The van der Waals surface area contributed by atoms with Crippen LogP contribution in [0, 0.1) is 12.7 Å². The lowest BCUT2D eigenvalue weighted by atomic mass is 10.2. The van der Waals surface area contributed by atoms with Crippen molar-refractivity contribution in [2.24, 2.45) is 0 Å². The van der Waals surface area contributed by atoms with Gasteiger partial charge < -0.3 is 10.2 Å². The molecular weight excluding hydrogens is 303 g/mol. The van der Waals surface area contributed by atoms with Crippen LogP contribution in [0.5, 0.6) is 0 Å². The first-order valence-electron chi connectivity index (χ1n) is 6.79. The minimum atomic E-state index is -0.347. The molecule has 4 nitrogen and oxygen atoms in total. The Bertz CT molecular complexity index is 684. The molecule has 6 heteroatoms. The van der Waals surface area contributed by atoms with E-state index in [-0.39, 0.29) is 30.7 Å². The molecule has 0 atom stereocenters. The second-order valence-electron chi connectivity index (χ2n) is 4.93. The molecule has 116 valence electrons. The van der Waals surface area contributed by atoms with E-state index in [1.807, 2.05) is 13.0 Å². The van der Waals surface area contributed by atoms with Crippen molar-refractivity contribution < 1.29 is 14.0 Å². The fourth-order valence-corrected chi connectivity index (χ4v) is 2.69.